The molecule has 6 nitrogen and oxygen atoms in total. The molecule has 1 aliphatic rings. The second kappa shape index (κ2) is 6.56. The molecular formula is C17H25N5O. The molecule has 1 amide bonds. The van der Waals surface area contributed by atoms with Gasteiger partial charge in [-0.2, -0.15) is 0 Å². The monoisotopic (exact) mass is 315 g/mol. The van der Waals surface area contributed by atoms with Gasteiger partial charge in [-0.25, -0.2) is 0 Å². The van der Waals surface area contributed by atoms with Crippen LogP contribution in [0, 0.1) is 11.8 Å². The first-order valence-corrected chi connectivity index (χ1v) is 8.50. The van der Waals surface area contributed by atoms with Crippen LogP contribution in [0.25, 0.3) is 11.0 Å². The predicted octanol–water partition coefficient (Wildman–Crippen LogP) is 3.07. The van der Waals surface area contributed by atoms with Crippen molar-refractivity contribution < 1.29 is 4.79 Å². The number of primary amides is 1. The molecule has 0 aromatic carbocycles. The number of H-pyrrole nitrogens is 1. The molecule has 124 valence electrons. The first-order chi connectivity index (χ1) is 11.1. The van der Waals surface area contributed by atoms with Crippen LogP contribution in [0.4, 0.5) is 5.69 Å². The number of aromatic amines is 1. The zero-order chi connectivity index (χ0) is 16.4. The Balaban J connectivity index is 1.97. The molecule has 1 aliphatic carbocycles. The van der Waals surface area contributed by atoms with Crippen LogP contribution in [0.3, 0.4) is 0 Å². The lowest BCUT2D eigenvalue weighted by Gasteiger charge is -2.27. The Kier molecular flexibility index (Phi) is 4.50. The summed E-state index contributed by atoms with van der Waals surface area (Å²) in [6.07, 6.45) is 7.88. The van der Waals surface area contributed by atoms with Crippen LogP contribution >= 0.6 is 0 Å². The third-order valence-electron chi connectivity index (χ3n) is 5.17. The maximum atomic E-state index is 11.8. The molecule has 1 saturated carbocycles. The van der Waals surface area contributed by atoms with E-state index in [0.29, 0.717) is 17.6 Å². The van der Waals surface area contributed by atoms with Gasteiger partial charge in [-0.05, 0) is 30.7 Å². The Morgan fingerprint density at radius 3 is 3.00 bits per heavy atom. The van der Waals surface area contributed by atoms with Gasteiger partial charge in [-0.15, -0.1) is 10.2 Å². The number of anilines is 1. The van der Waals surface area contributed by atoms with E-state index in [4.69, 9.17) is 5.73 Å². The fraction of sp³-hybridized carbons (Fsp3) is 0.588. The number of nitrogens with two attached hydrogens (primary N) is 1. The van der Waals surface area contributed by atoms with Crippen LogP contribution < -0.4 is 11.1 Å². The van der Waals surface area contributed by atoms with Gasteiger partial charge in [0.1, 0.15) is 0 Å². The lowest BCUT2D eigenvalue weighted by molar-refractivity contribution is 0.0995. The van der Waals surface area contributed by atoms with Crippen molar-refractivity contribution in [3.8, 4) is 0 Å². The second-order valence-corrected chi connectivity index (χ2v) is 6.70. The van der Waals surface area contributed by atoms with Crippen LogP contribution in [0.1, 0.15) is 56.4 Å². The van der Waals surface area contributed by atoms with Crippen molar-refractivity contribution in [1.29, 1.82) is 0 Å². The average Bonchev–Trinajstić information content (AvgIpc) is 2.94. The fourth-order valence-electron chi connectivity index (χ4n) is 3.64. The summed E-state index contributed by atoms with van der Waals surface area (Å²) in [5.74, 6) is 0.733. The Bertz CT molecular complexity index is 695. The molecule has 0 spiro atoms. The van der Waals surface area contributed by atoms with Crippen molar-refractivity contribution in [1.82, 2.24) is 15.2 Å². The molecule has 23 heavy (non-hydrogen) atoms. The van der Waals surface area contributed by atoms with Gasteiger partial charge in [0.15, 0.2) is 11.3 Å². The number of fused-ring (bicyclic) bond motifs is 1. The van der Waals surface area contributed by atoms with Crippen LogP contribution in [0.2, 0.25) is 0 Å². The van der Waals surface area contributed by atoms with Gasteiger partial charge in [-0.3, -0.25) is 4.79 Å². The molecule has 0 aliphatic heterocycles. The SMILES string of the molecule is CCC1CCCC(C)C(Nc2c(C(N)=O)nnc3[nH]ccc23)C1. The first-order valence-electron chi connectivity index (χ1n) is 8.50. The van der Waals surface area contributed by atoms with Gasteiger partial charge >= 0.3 is 0 Å². The standard InChI is InChI=1S/C17H25N5O/c1-3-11-6-4-5-10(2)13(9-11)20-14-12-7-8-19-17(12)22-21-15(14)16(18)23/h7-8,10-11,13H,3-6,9H2,1-2H3,(H2,18,23)(H2,19,20,22). The van der Waals surface area contributed by atoms with Gasteiger partial charge in [0.05, 0.1) is 5.69 Å². The highest BCUT2D eigenvalue weighted by molar-refractivity contribution is 6.04. The third-order valence-corrected chi connectivity index (χ3v) is 5.17. The number of aromatic nitrogens is 3. The summed E-state index contributed by atoms with van der Waals surface area (Å²) >= 11 is 0. The van der Waals surface area contributed by atoms with Crippen molar-refractivity contribution in [3.05, 3.63) is 18.0 Å². The number of amides is 1. The van der Waals surface area contributed by atoms with E-state index < -0.39 is 5.91 Å². The first kappa shape index (κ1) is 15.8. The third kappa shape index (κ3) is 3.16. The van der Waals surface area contributed by atoms with E-state index in [2.05, 4.69) is 34.3 Å². The molecule has 2 aromatic rings. The Hall–Kier alpha value is -2.11. The number of nitrogens with zero attached hydrogens (tertiary/aromatic N) is 2. The Morgan fingerprint density at radius 1 is 1.43 bits per heavy atom. The molecule has 3 unspecified atom stereocenters. The number of hydrogen-bond donors (Lipinski definition) is 3. The summed E-state index contributed by atoms with van der Waals surface area (Å²) in [6, 6.07) is 2.24. The predicted molar refractivity (Wildman–Crippen MR) is 91.2 cm³/mol. The lowest BCUT2D eigenvalue weighted by atomic mass is 9.91. The maximum absolute atomic E-state index is 11.8. The van der Waals surface area contributed by atoms with Crippen LogP contribution in [-0.2, 0) is 0 Å². The molecule has 4 N–H and O–H groups in total. The van der Waals surface area contributed by atoms with Crippen molar-refractivity contribution in [2.75, 3.05) is 5.32 Å². The summed E-state index contributed by atoms with van der Waals surface area (Å²) in [5, 5.41) is 12.5. The number of carbonyl (C=O) groups is 1. The molecule has 3 rings (SSSR count). The molecule has 0 saturated heterocycles. The van der Waals surface area contributed by atoms with Crippen molar-refractivity contribution in [2.45, 2.75) is 52.0 Å². The van der Waals surface area contributed by atoms with Crippen molar-refractivity contribution >= 4 is 22.6 Å². The van der Waals surface area contributed by atoms with E-state index in [1.165, 1.54) is 25.7 Å². The molecule has 2 heterocycles. The van der Waals surface area contributed by atoms with Crippen LogP contribution in [0.15, 0.2) is 12.3 Å². The second-order valence-electron chi connectivity index (χ2n) is 6.70. The minimum Gasteiger partial charge on any atom is -0.379 e. The van der Waals surface area contributed by atoms with E-state index in [9.17, 15) is 4.79 Å². The van der Waals surface area contributed by atoms with E-state index >= 15 is 0 Å². The smallest absolute Gasteiger partial charge is 0.271 e. The van der Waals surface area contributed by atoms with E-state index in [1.54, 1.807) is 6.20 Å². The van der Waals surface area contributed by atoms with Gasteiger partial charge in [-0.1, -0.05) is 33.1 Å². The van der Waals surface area contributed by atoms with Gasteiger partial charge in [0.2, 0.25) is 0 Å². The van der Waals surface area contributed by atoms with Crippen molar-refractivity contribution in [2.24, 2.45) is 17.6 Å². The molecule has 6 heteroatoms. The number of rotatable bonds is 4. The molecule has 1 fully saturated rings. The highest BCUT2D eigenvalue weighted by Crippen LogP contribution is 2.33. The summed E-state index contributed by atoms with van der Waals surface area (Å²) in [7, 11) is 0. The molecular weight excluding hydrogens is 290 g/mol. The average molecular weight is 315 g/mol. The highest BCUT2D eigenvalue weighted by atomic mass is 16.1. The van der Waals surface area contributed by atoms with E-state index in [-0.39, 0.29) is 5.69 Å². The molecule has 3 atom stereocenters. The topological polar surface area (TPSA) is 96.7 Å². The van der Waals surface area contributed by atoms with E-state index in [0.717, 1.165) is 23.4 Å². The van der Waals surface area contributed by atoms with E-state index in [1.807, 2.05) is 6.07 Å². The quantitative estimate of drug-likeness (QED) is 0.755. The van der Waals surface area contributed by atoms with Gasteiger partial charge in [0, 0.05) is 17.6 Å². The largest absolute Gasteiger partial charge is 0.379 e. The zero-order valence-electron chi connectivity index (χ0n) is 13.8. The highest BCUT2D eigenvalue weighted by Gasteiger charge is 2.27. The van der Waals surface area contributed by atoms with Gasteiger partial charge < -0.3 is 16.0 Å². The Morgan fingerprint density at radius 2 is 2.26 bits per heavy atom. The number of nitrogens with one attached hydrogen (secondary N) is 2. The number of carbonyl (C=O) groups excluding carboxylic acids is 1. The summed E-state index contributed by atoms with van der Waals surface area (Å²) in [4.78, 5) is 14.8. The maximum Gasteiger partial charge on any atom is 0.271 e. The summed E-state index contributed by atoms with van der Waals surface area (Å²) in [6.45, 7) is 4.54. The minimum atomic E-state index is -0.545. The summed E-state index contributed by atoms with van der Waals surface area (Å²) < 4.78 is 0. The number of hydrogen-bond acceptors (Lipinski definition) is 4. The van der Waals surface area contributed by atoms with Gasteiger partial charge in [0.25, 0.3) is 5.91 Å². The Labute approximate surface area is 136 Å². The van der Waals surface area contributed by atoms with Crippen LogP contribution in [-0.4, -0.2) is 27.1 Å². The fourth-order valence-corrected chi connectivity index (χ4v) is 3.64. The molecule has 2 aromatic heterocycles. The normalized spacial score (nSPS) is 25.2. The minimum absolute atomic E-state index is 0.224. The lowest BCUT2D eigenvalue weighted by Crippen LogP contribution is -2.30. The van der Waals surface area contributed by atoms with Crippen molar-refractivity contribution in [3.63, 3.8) is 0 Å². The summed E-state index contributed by atoms with van der Waals surface area (Å²) in [5.41, 5.74) is 7.12. The zero-order valence-corrected chi connectivity index (χ0v) is 13.8. The van der Waals surface area contributed by atoms with Crippen LogP contribution in [0.5, 0.6) is 0 Å². The molecule has 0 radical (unpaired) electrons. The molecule has 0 bridgehead atoms.